The summed E-state index contributed by atoms with van der Waals surface area (Å²) in [7, 11) is 0. The second kappa shape index (κ2) is 8.64. The van der Waals surface area contributed by atoms with Crippen molar-refractivity contribution in [2.45, 2.75) is 45.6 Å². The van der Waals surface area contributed by atoms with Crippen molar-refractivity contribution in [1.82, 2.24) is 10.3 Å². The van der Waals surface area contributed by atoms with E-state index in [4.69, 9.17) is 9.72 Å². The minimum atomic E-state index is -0.0412. The van der Waals surface area contributed by atoms with E-state index in [1.165, 1.54) is 0 Å². The molecule has 1 N–H and O–H groups in total. The van der Waals surface area contributed by atoms with Crippen molar-refractivity contribution in [3.63, 3.8) is 0 Å². The van der Waals surface area contributed by atoms with Crippen LogP contribution in [0.5, 0.6) is 5.75 Å². The van der Waals surface area contributed by atoms with Gasteiger partial charge in [0.15, 0.2) is 0 Å². The number of aromatic nitrogens is 1. The average molecular weight is 389 g/mol. The summed E-state index contributed by atoms with van der Waals surface area (Å²) in [6.45, 7) is 4.48. The largest absolute Gasteiger partial charge is 0.493 e. The van der Waals surface area contributed by atoms with Gasteiger partial charge < -0.3 is 10.1 Å². The minimum Gasteiger partial charge on any atom is -0.493 e. The Morgan fingerprint density at radius 3 is 2.86 bits per heavy atom. The van der Waals surface area contributed by atoms with Gasteiger partial charge in [-0.25, -0.2) is 0 Å². The van der Waals surface area contributed by atoms with Crippen LogP contribution in [0.2, 0.25) is 0 Å². The SMILES string of the molecule is CCOc1ccc(C)cc1C(=O)N[C@H]1CCC[C@@H]1Cc1ccc2ccccc2n1. The van der Waals surface area contributed by atoms with Gasteiger partial charge in [0, 0.05) is 17.1 Å². The predicted octanol–water partition coefficient (Wildman–Crippen LogP) is 5.08. The van der Waals surface area contributed by atoms with Crippen molar-refractivity contribution in [1.29, 1.82) is 0 Å². The van der Waals surface area contributed by atoms with Gasteiger partial charge in [0.1, 0.15) is 5.75 Å². The van der Waals surface area contributed by atoms with Crippen molar-refractivity contribution in [2.24, 2.45) is 5.92 Å². The molecule has 0 bridgehead atoms. The molecule has 0 saturated heterocycles. The lowest BCUT2D eigenvalue weighted by Gasteiger charge is -2.22. The first kappa shape index (κ1) is 19.4. The number of para-hydroxylation sites is 1. The molecule has 4 heteroatoms. The van der Waals surface area contributed by atoms with Gasteiger partial charge in [-0.3, -0.25) is 9.78 Å². The number of hydrogen-bond acceptors (Lipinski definition) is 3. The van der Waals surface area contributed by atoms with Crippen LogP contribution in [0, 0.1) is 12.8 Å². The normalized spacial score (nSPS) is 18.7. The fraction of sp³-hybridized carbons (Fsp3) is 0.360. The van der Waals surface area contributed by atoms with E-state index in [1.807, 2.05) is 44.2 Å². The maximum atomic E-state index is 13.0. The Bertz CT molecular complexity index is 1010. The lowest BCUT2D eigenvalue weighted by atomic mass is 9.96. The molecule has 0 unspecified atom stereocenters. The predicted molar refractivity (Wildman–Crippen MR) is 116 cm³/mol. The number of carbonyl (C=O) groups is 1. The van der Waals surface area contributed by atoms with Crippen LogP contribution >= 0.6 is 0 Å². The number of ether oxygens (including phenoxy) is 1. The van der Waals surface area contributed by atoms with Gasteiger partial charge in [-0.1, -0.05) is 42.3 Å². The standard InChI is InChI=1S/C25H28N2O2/c1-3-29-24-14-11-17(2)15-21(24)25(28)27-23-10-6-8-19(23)16-20-13-12-18-7-4-5-9-22(18)26-20/h4-5,7,9,11-15,19,23H,3,6,8,10,16H2,1-2H3,(H,27,28)/t19-,23+/m1/s1. The summed E-state index contributed by atoms with van der Waals surface area (Å²) in [6.07, 6.45) is 4.16. The number of rotatable bonds is 6. The van der Waals surface area contributed by atoms with Gasteiger partial charge in [-0.05, 0) is 63.3 Å². The Labute approximate surface area is 172 Å². The number of nitrogens with one attached hydrogen (secondary N) is 1. The van der Waals surface area contributed by atoms with Crippen LogP contribution in [0.4, 0.5) is 0 Å². The summed E-state index contributed by atoms with van der Waals surface area (Å²) in [6, 6.07) is 18.4. The average Bonchev–Trinajstić information content (AvgIpc) is 3.16. The number of fused-ring (bicyclic) bond motifs is 1. The molecule has 0 spiro atoms. The van der Waals surface area contributed by atoms with Crippen LogP contribution in [0.25, 0.3) is 10.9 Å². The van der Waals surface area contributed by atoms with Gasteiger partial charge in [0.05, 0.1) is 17.7 Å². The van der Waals surface area contributed by atoms with Crippen molar-refractivity contribution in [2.75, 3.05) is 6.61 Å². The number of aryl methyl sites for hydroxylation is 1. The summed E-state index contributed by atoms with van der Waals surface area (Å²) in [5.41, 5.74) is 3.81. The number of nitrogens with zero attached hydrogens (tertiary/aromatic N) is 1. The molecule has 0 aliphatic heterocycles. The maximum Gasteiger partial charge on any atom is 0.255 e. The highest BCUT2D eigenvalue weighted by Crippen LogP contribution is 2.30. The summed E-state index contributed by atoms with van der Waals surface area (Å²) in [5.74, 6) is 1.02. The van der Waals surface area contributed by atoms with E-state index in [0.717, 1.165) is 47.8 Å². The number of carbonyl (C=O) groups excluding carboxylic acids is 1. The van der Waals surface area contributed by atoms with Crippen LogP contribution in [-0.2, 0) is 6.42 Å². The van der Waals surface area contributed by atoms with E-state index in [9.17, 15) is 4.79 Å². The molecule has 4 rings (SSSR count). The number of benzene rings is 2. The first-order valence-corrected chi connectivity index (χ1v) is 10.5. The molecule has 1 saturated carbocycles. The van der Waals surface area contributed by atoms with Gasteiger partial charge in [-0.15, -0.1) is 0 Å². The fourth-order valence-electron chi connectivity index (χ4n) is 4.31. The van der Waals surface area contributed by atoms with E-state index < -0.39 is 0 Å². The molecule has 29 heavy (non-hydrogen) atoms. The number of amides is 1. The van der Waals surface area contributed by atoms with Crippen molar-refractivity contribution < 1.29 is 9.53 Å². The molecule has 1 aliphatic carbocycles. The molecule has 3 aromatic rings. The van der Waals surface area contributed by atoms with E-state index in [0.29, 0.717) is 23.8 Å². The molecule has 1 fully saturated rings. The third kappa shape index (κ3) is 4.42. The van der Waals surface area contributed by atoms with Crippen LogP contribution < -0.4 is 10.1 Å². The van der Waals surface area contributed by atoms with Crippen molar-refractivity contribution in [3.05, 3.63) is 71.4 Å². The fourth-order valence-corrected chi connectivity index (χ4v) is 4.31. The monoisotopic (exact) mass is 388 g/mol. The zero-order valence-electron chi connectivity index (χ0n) is 17.2. The smallest absolute Gasteiger partial charge is 0.255 e. The number of pyridine rings is 1. The molecule has 150 valence electrons. The van der Waals surface area contributed by atoms with E-state index in [2.05, 4.69) is 29.6 Å². The van der Waals surface area contributed by atoms with Gasteiger partial charge >= 0.3 is 0 Å². The maximum absolute atomic E-state index is 13.0. The molecule has 1 amide bonds. The quantitative estimate of drug-likeness (QED) is 0.640. The molecule has 1 heterocycles. The van der Waals surface area contributed by atoms with Crippen LogP contribution in [-0.4, -0.2) is 23.5 Å². The summed E-state index contributed by atoms with van der Waals surface area (Å²) in [5, 5.41) is 4.44. The summed E-state index contributed by atoms with van der Waals surface area (Å²) >= 11 is 0. The van der Waals surface area contributed by atoms with E-state index >= 15 is 0 Å². The summed E-state index contributed by atoms with van der Waals surface area (Å²) < 4.78 is 5.67. The Morgan fingerprint density at radius 1 is 1.14 bits per heavy atom. The third-order valence-corrected chi connectivity index (χ3v) is 5.78. The van der Waals surface area contributed by atoms with Gasteiger partial charge in [0.2, 0.25) is 0 Å². The zero-order valence-corrected chi connectivity index (χ0v) is 17.2. The highest BCUT2D eigenvalue weighted by molar-refractivity contribution is 5.97. The molecule has 2 atom stereocenters. The van der Waals surface area contributed by atoms with Gasteiger partial charge in [0.25, 0.3) is 5.91 Å². The molecular formula is C25H28N2O2. The molecular weight excluding hydrogens is 360 g/mol. The molecule has 2 aromatic carbocycles. The Morgan fingerprint density at radius 2 is 2.00 bits per heavy atom. The summed E-state index contributed by atoms with van der Waals surface area (Å²) in [4.78, 5) is 17.8. The van der Waals surface area contributed by atoms with Crippen LogP contribution in [0.3, 0.4) is 0 Å². The van der Waals surface area contributed by atoms with Crippen LogP contribution in [0.15, 0.2) is 54.6 Å². The van der Waals surface area contributed by atoms with Crippen molar-refractivity contribution in [3.8, 4) is 5.75 Å². The lowest BCUT2D eigenvalue weighted by molar-refractivity contribution is 0.0923. The Hall–Kier alpha value is -2.88. The zero-order chi connectivity index (χ0) is 20.2. The number of hydrogen-bond donors (Lipinski definition) is 1. The van der Waals surface area contributed by atoms with E-state index in [-0.39, 0.29) is 11.9 Å². The van der Waals surface area contributed by atoms with Gasteiger partial charge in [-0.2, -0.15) is 0 Å². The molecule has 0 radical (unpaired) electrons. The Kier molecular flexibility index (Phi) is 5.79. The highest BCUT2D eigenvalue weighted by Gasteiger charge is 2.30. The second-order valence-electron chi connectivity index (χ2n) is 7.90. The Balaban J connectivity index is 1.48. The minimum absolute atomic E-state index is 0.0412. The van der Waals surface area contributed by atoms with E-state index in [1.54, 1.807) is 0 Å². The first-order valence-electron chi connectivity index (χ1n) is 10.5. The first-order chi connectivity index (χ1) is 14.1. The second-order valence-corrected chi connectivity index (χ2v) is 7.90. The van der Waals surface area contributed by atoms with Crippen LogP contribution in [0.1, 0.15) is 47.8 Å². The van der Waals surface area contributed by atoms with Crippen molar-refractivity contribution >= 4 is 16.8 Å². The highest BCUT2D eigenvalue weighted by atomic mass is 16.5. The molecule has 4 nitrogen and oxygen atoms in total. The lowest BCUT2D eigenvalue weighted by Crippen LogP contribution is -2.38. The molecule has 1 aromatic heterocycles. The third-order valence-electron chi connectivity index (χ3n) is 5.78. The molecule has 1 aliphatic rings. The topological polar surface area (TPSA) is 51.2 Å².